The fraction of sp³-hybridized carbons (Fsp3) is 0.235. The Morgan fingerprint density at radius 1 is 1.14 bits per heavy atom. The van der Waals surface area contributed by atoms with Crippen molar-refractivity contribution in [3.63, 3.8) is 0 Å². The van der Waals surface area contributed by atoms with Gasteiger partial charge in [-0.2, -0.15) is 0 Å². The van der Waals surface area contributed by atoms with Gasteiger partial charge in [-0.3, -0.25) is 4.79 Å². The molecule has 0 aliphatic heterocycles. The van der Waals surface area contributed by atoms with Gasteiger partial charge < -0.3 is 5.32 Å². The summed E-state index contributed by atoms with van der Waals surface area (Å²) in [5.41, 5.74) is 4.00. The molecular weight excluding hydrogens is 441 g/mol. The first kappa shape index (κ1) is 16.5. The van der Waals surface area contributed by atoms with Crippen LogP contribution in [0.5, 0.6) is 0 Å². The summed E-state index contributed by atoms with van der Waals surface area (Å²) >= 11 is 5.61. The number of halogens is 2. The highest BCUT2D eigenvalue weighted by atomic mass is 127. The van der Waals surface area contributed by atoms with E-state index in [0.717, 1.165) is 26.6 Å². The second kappa shape index (κ2) is 7.40. The van der Waals surface area contributed by atoms with Crippen LogP contribution in [-0.4, -0.2) is 5.91 Å². The van der Waals surface area contributed by atoms with E-state index in [1.807, 2.05) is 18.2 Å². The van der Waals surface area contributed by atoms with Gasteiger partial charge in [0.05, 0.1) is 5.56 Å². The molecule has 2 rings (SSSR count). The number of benzene rings is 2. The summed E-state index contributed by atoms with van der Waals surface area (Å²) < 4.78 is 1.85. The minimum Gasteiger partial charge on any atom is -0.321 e. The molecule has 0 aromatic heterocycles. The molecule has 1 N–H and O–H groups in total. The Hall–Kier alpha value is -0.880. The van der Waals surface area contributed by atoms with Crippen molar-refractivity contribution >= 4 is 50.1 Å². The lowest BCUT2D eigenvalue weighted by molar-refractivity contribution is 0.102. The first-order valence-electron chi connectivity index (χ1n) is 6.94. The van der Waals surface area contributed by atoms with Crippen LogP contribution in [0, 0.1) is 3.57 Å². The molecule has 2 aromatic carbocycles. The molecule has 0 bridgehead atoms. The number of para-hydroxylation sites is 1. The van der Waals surface area contributed by atoms with E-state index in [0.29, 0.717) is 5.56 Å². The van der Waals surface area contributed by atoms with Gasteiger partial charge in [-0.25, -0.2) is 0 Å². The van der Waals surface area contributed by atoms with Crippen LogP contribution in [0.4, 0.5) is 5.69 Å². The zero-order chi connectivity index (χ0) is 15.4. The van der Waals surface area contributed by atoms with Crippen LogP contribution >= 0.6 is 38.5 Å². The number of rotatable bonds is 4. The molecule has 0 atom stereocenters. The van der Waals surface area contributed by atoms with E-state index in [2.05, 4.69) is 75.9 Å². The maximum Gasteiger partial charge on any atom is 0.256 e. The van der Waals surface area contributed by atoms with E-state index < -0.39 is 0 Å². The van der Waals surface area contributed by atoms with Crippen LogP contribution in [0.25, 0.3) is 0 Å². The summed E-state index contributed by atoms with van der Waals surface area (Å²) in [7, 11) is 0. The smallest absolute Gasteiger partial charge is 0.256 e. The molecule has 0 radical (unpaired) electrons. The maximum absolute atomic E-state index is 12.6. The van der Waals surface area contributed by atoms with E-state index in [1.165, 1.54) is 11.1 Å². The minimum atomic E-state index is -0.0590. The first-order chi connectivity index (χ1) is 10.1. The Kier molecular flexibility index (Phi) is 5.81. The maximum atomic E-state index is 12.6. The van der Waals surface area contributed by atoms with Crippen molar-refractivity contribution in [3.05, 3.63) is 61.1 Å². The van der Waals surface area contributed by atoms with Gasteiger partial charge in [-0.1, -0.05) is 48.0 Å². The van der Waals surface area contributed by atoms with Crippen LogP contribution in [0.1, 0.15) is 35.3 Å². The third-order valence-electron chi connectivity index (χ3n) is 3.41. The van der Waals surface area contributed by atoms with Crippen LogP contribution in [-0.2, 0) is 12.8 Å². The molecule has 2 aromatic rings. The number of carbonyl (C=O) groups excluding carboxylic acids is 1. The summed E-state index contributed by atoms with van der Waals surface area (Å²) in [4.78, 5) is 12.6. The lowest BCUT2D eigenvalue weighted by Crippen LogP contribution is -2.16. The van der Waals surface area contributed by atoms with Gasteiger partial charge in [0.25, 0.3) is 5.91 Å². The largest absolute Gasteiger partial charge is 0.321 e. The zero-order valence-electron chi connectivity index (χ0n) is 12.0. The fourth-order valence-electron chi connectivity index (χ4n) is 2.26. The first-order valence-corrected chi connectivity index (χ1v) is 8.81. The standard InChI is InChI=1S/C17H17BrINO/c1-3-11-6-5-7-12(4-2)16(11)20-17(21)14-10-13(18)8-9-15(14)19/h5-10H,3-4H2,1-2H3,(H,20,21). The molecule has 0 spiro atoms. The SMILES string of the molecule is CCc1cccc(CC)c1NC(=O)c1cc(Br)ccc1I. The van der Waals surface area contributed by atoms with Gasteiger partial charge in [0.15, 0.2) is 0 Å². The number of aryl methyl sites for hydroxylation is 2. The van der Waals surface area contributed by atoms with Gasteiger partial charge in [0, 0.05) is 13.7 Å². The van der Waals surface area contributed by atoms with Gasteiger partial charge in [-0.15, -0.1) is 0 Å². The highest BCUT2D eigenvalue weighted by Crippen LogP contribution is 2.25. The third kappa shape index (κ3) is 3.86. The zero-order valence-corrected chi connectivity index (χ0v) is 15.8. The number of nitrogens with one attached hydrogen (secondary N) is 1. The molecular formula is C17H17BrINO. The topological polar surface area (TPSA) is 29.1 Å². The second-order valence-electron chi connectivity index (χ2n) is 4.74. The van der Waals surface area contributed by atoms with E-state index >= 15 is 0 Å². The Morgan fingerprint density at radius 2 is 1.76 bits per heavy atom. The lowest BCUT2D eigenvalue weighted by atomic mass is 10.0. The predicted molar refractivity (Wildman–Crippen MR) is 100 cm³/mol. The van der Waals surface area contributed by atoms with Gasteiger partial charge >= 0.3 is 0 Å². The van der Waals surface area contributed by atoms with Crippen LogP contribution in [0.2, 0.25) is 0 Å². The van der Waals surface area contributed by atoms with E-state index in [9.17, 15) is 4.79 Å². The Morgan fingerprint density at radius 3 is 2.33 bits per heavy atom. The van der Waals surface area contributed by atoms with Crippen molar-refractivity contribution in [2.75, 3.05) is 5.32 Å². The van der Waals surface area contributed by atoms with Gasteiger partial charge in [0.2, 0.25) is 0 Å². The van der Waals surface area contributed by atoms with E-state index in [-0.39, 0.29) is 5.91 Å². The van der Waals surface area contributed by atoms with Crippen LogP contribution < -0.4 is 5.32 Å². The predicted octanol–water partition coefficient (Wildman–Crippen LogP) is 5.43. The van der Waals surface area contributed by atoms with Crippen molar-refractivity contribution < 1.29 is 4.79 Å². The number of anilines is 1. The quantitative estimate of drug-likeness (QED) is 0.609. The van der Waals surface area contributed by atoms with Crippen LogP contribution in [0.15, 0.2) is 40.9 Å². The molecule has 4 heteroatoms. The Bertz CT molecular complexity index is 648. The normalized spacial score (nSPS) is 10.5. The number of amides is 1. The lowest BCUT2D eigenvalue weighted by Gasteiger charge is -2.15. The van der Waals surface area contributed by atoms with E-state index in [1.54, 1.807) is 0 Å². The highest BCUT2D eigenvalue weighted by molar-refractivity contribution is 14.1. The fourth-order valence-corrected chi connectivity index (χ4v) is 3.20. The van der Waals surface area contributed by atoms with Gasteiger partial charge in [0.1, 0.15) is 0 Å². The van der Waals surface area contributed by atoms with E-state index in [4.69, 9.17) is 0 Å². The highest BCUT2D eigenvalue weighted by Gasteiger charge is 2.14. The number of hydrogen-bond donors (Lipinski definition) is 1. The summed E-state index contributed by atoms with van der Waals surface area (Å²) in [6, 6.07) is 11.9. The van der Waals surface area contributed by atoms with Crippen molar-refractivity contribution in [1.29, 1.82) is 0 Å². The molecule has 0 saturated carbocycles. The molecule has 0 unspecified atom stereocenters. The molecule has 2 nitrogen and oxygen atoms in total. The summed E-state index contributed by atoms with van der Waals surface area (Å²) in [6.07, 6.45) is 1.80. The molecule has 1 amide bonds. The van der Waals surface area contributed by atoms with Gasteiger partial charge in [-0.05, 0) is 64.8 Å². The number of hydrogen-bond acceptors (Lipinski definition) is 1. The third-order valence-corrected chi connectivity index (χ3v) is 4.84. The van der Waals surface area contributed by atoms with Crippen molar-refractivity contribution in [2.45, 2.75) is 26.7 Å². The molecule has 0 saturated heterocycles. The molecule has 0 aliphatic rings. The van der Waals surface area contributed by atoms with Crippen molar-refractivity contribution in [3.8, 4) is 0 Å². The summed E-state index contributed by atoms with van der Waals surface area (Å²) in [5.74, 6) is -0.0590. The molecule has 0 fully saturated rings. The van der Waals surface area contributed by atoms with Crippen LogP contribution in [0.3, 0.4) is 0 Å². The minimum absolute atomic E-state index is 0.0590. The molecule has 21 heavy (non-hydrogen) atoms. The second-order valence-corrected chi connectivity index (χ2v) is 6.81. The Labute approximate surface area is 147 Å². The number of carbonyl (C=O) groups is 1. The molecule has 0 aliphatic carbocycles. The van der Waals surface area contributed by atoms with Crippen molar-refractivity contribution in [1.82, 2.24) is 0 Å². The monoisotopic (exact) mass is 457 g/mol. The average molecular weight is 458 g/mol. The summed E-state index contributed by atoms with van der Waals surface area (Å²) in [6.45, 7) is 4.21. The average Bonchev–Trinajstić information content (AvgIpc) is 2.49. The molecule has 110 valence electrons. The Balaban J connectivity index is 2.38. The summed E-state index contributed by atoms with van der Waals surface area (Å²) in [5, 5.41) is 3.10. The molecule has 0 heterocycles. The van der Waals surface area contributed by atoms with Crippen molar-refractivity contribution in [2.24, 2.45) is 0 Å².